The highest BCUT2D eigenvalue weighted by atomic mass is 19.4. The van der Waals surface area contributed by atoms with E-state index in [2.05, 4.69) is 9.72 Å². The lowest BCUT2D eigenvalue weighted by Gasteiger charge is -2.14. The van der Waals surface area contributed by atoms with E-state index < -0.39 is 12.4 Å². The van der Waals surface area contributed by atoms with Crippen molar-refractivity contribution in [3.8, 4) is 5.75 Å². The van der Waals surface area contributed by atoms with E-state index in [9.17, 15) is 13.2 Å². The third-order valence-corrected chi connectivity index (χ3v) is 2.74. The second-order valence-electron chi connectivity index (χ2n) is 4.33. The number of aryl methyl sites for hydroxylation is 1. The molecule has 1 atom stereocenters. The Morgan fingerprint density at radius 1 is 1.15 bits per heavy atom. The summed E-state index contributed by atoms with van der Waals surface area (Å²) in [5.74, 6) is -0.287. The summed E-state index contributed by atoms with van der Waals surface area (Å²) >= 11 is 0. The van der Waals surface area contributed by atoms with Gasteiger partial charge in [-0.25, -0.2) is 0 Å². The van der Waals surface area contributed by atoms with Gasteiger partial charge in [0.15, 0.2) is 0 Å². The van der Waals surface area contributed by atoms with Gasteiger partial charge < -0.3 is 10.5 Å². The maximum absolute atomic E-state index is 12.2. The molecule has 0 spiro atoms. The third-order valence-electron chi connectivity index (χ3n) is 2.74. The van der Waals surface area contributed by atoms with Crippen LogP contribution in [-0.4, -0.2) is 11.3 Å². The minimum Gasteiger partial charge on any atom is -0.406 e. The fourth-order valence-electron chi connectivity index (χ4n) is 1.76. The number of pyridine rings is 1. The summed E-state index contributed by atoms with van der Waals surface area (Å²) in [6, 6.07) is 8.66. The Morgan fingerprint density at radius 2 is 1.90 bits per heavy atom. The normalized spacial score (nSPS) is 13.1. The van der Waals surface area contributed by atoms with Gasteiger partial charge in [0.2, 0.25) is 0 Å². The quantitative estimate of drug-likeness (QED) is 0.939. The van der Waals surface area contributed by atoms with Gasteiger partial charge in [-0.2, -0.15) is 0 Å². The molecule has 6 heteroatoms. The van der Waals surface area contributed by atoms with Crippen molar-refractivity contribution >= 4 is 0 Å². The summed E-state index contributed by atoms with van der Waals surface area (Å²) in [6.07, 6.45) is -3.11. The Hall–Kier alpha value is -2.08. The number of nitrogens with two attached hydrogens (primary N) is 1. The Kier molecular flexibility index (Phi) is 3.94. The molecule has 3 nitrogen and oxygen atoms in total. The maximum atomic E-state index is 12.2. The van der Waals surface area contributed by atoms with Crippen LogP contribution in [0, 0.1) is 6.92 Å². The van der Waals surface area contributed by atoms with Crippen molar-refractivity contribution in [1.29, 1.82) is 0 Å². The number of benzene rings is 1. The molecular weight excluding hydrogens is 269 g/mol. The van der Waals surface area contributed by atoms with Crippen molar-refractivity contribution in [3.63, 3.8) is 0 Å². The fourth-order valence-corrected chi connectivity index (χ4v) is 1.76. The predicted molar refractivity (Wildman–Crippen MR) is 68.1 cm³/mol. The lowest BCUT2D eigenvalue weighted by Crippen LogP contribution is -2.18. The minimum absolute atomic E-state index is 0.287. The van der Waals surface area contributed by atoms with E-state index in [1.54, 1.807) is 24.4 Å². The molecule has 106 valence electrons. The number of rotatable bonds is 3. The van der Waals surface area contributed by atoms with Gasteiger partial charge in [-0.3, -0.25) is 4.98 Å². The van der Waals surface area contributed by atoms with Crippen LogP contribution in [0.1, 0.15) is 22.9 Å². The van der Waals surface area contributed by atoms with Crippen LogP contribution < -0.4 is 10.5 Å². The van der Waals surface area contributed by atoms with Crippen LogP contribution >= 0.6 is 0 Å². The van der Waals surface area contributed by atoms with Crippen LogP contribution in [-0.2, 0) is 0 Å². The number of alkyl halides is 3. The molecule has 0 amide bonds. The molecule has 0 aliphatic rings. The smallest absolute Gasteiger partial charge is 0.406 e. The molecule has 2 N–H and O–H groups in total. The second-order valence-corrected chi connectivity index (χ2v) is 4.33. The molecule has 20 heavy (non-hydrogen) atoms. The third kappa shape index (κ3) is 3.71. The van der Waals surface area contributed by atoms with Crippen molar-refractivity contribution < 1.29 is 17.9 Å². The van der Waals surface area contributed by atoms with Crippen molar-refractivity contribution in [2.45, 2.75) is 19.3 Å². The van der Waals surface area contributed by atoms with E-state index in [0.29, 0.717) is 5.56 Å². The van der Waals surface area contributed by atoms with Crippen LogP contribution in [0.3, 0.4) is 0 Å². The van der Waals surface area contributed by atoms with E-state index in [1.807, 2.05) is 6.92 Å². The highest BCUT2D eigenvalue weighted by Crippen LogP contribution is 2.27. The van der Waals surface area contributed by atoms with Gasteiger partial charge in [-0.1, -0.05) is 18.2 Å². The van der Waals surface area contributed by atoms with Crippen LogP contribution in [0.2, 0.25) is 0 Å². The topological polar surface area (TPSA) is 48.1 Å². The average molecular weight is 282 g/mol. The molecule has 2 rings (SSSR count). The van der Waals surface area contributed by atoms with Gasteiger partial charge >= 0.3 is 6.36 Å². The van der Waals surface area contributed by atoms with Gasteiger partial charge in [0.05, 0.1) is 6.04 Å². The highest BCUT2D eigenvalue weighted by molar-refractivity contribution is 5.35. The number of nitrogens with zero attached hydrogens (tertiary/aromatic N) is 1. The van der Waals surface area contributed by atoms with Crippen LogP contribution in [0.5, 0.6) is 5.75 Å². The molecule has 2 aromatic rings. The van der Waals surface area contributed by atoms with Crippen LogP contribution in [0.4, 0.5) is 13.2 Å². The summed E-state index contributed by atoms with van der Waals surface area (Å²) in [5.41, 5.74) is 8.11. The molecule has 0 aliphatic carbocycles. The molecule has 1 heterocycles. The van der Waals surface area contributed by atoms with E-state index in [1.165, 1.54) is 18.2 Å². The lowest BCUT2D eigenvalue weighted by molar-refractivity contribution is -0.274. The van der Waals surface area contributed by atoms with Gasteiger partial charge in [-0.05, 0) is 36.2 Å². The van der Waals surface area contributed by atoms with Crippen molar-refractivity contribution in [2.75, 3.05) is 0 Å². The average Bonchev–Trinajstić information content (AvgIpc) is 2.37. The number of halogens is 3. The zero-order chi connectivity index (χ0) is 14.8. The van der Waals surface area contributed by atoms with Crippen LogP contribution in [0.15, 0.2) is 42.6 Å². The molecule has 1 aromatic heterocycles. The molecule has 1 unspecified atom stereocenters. The van der Waals surface area contributed by atoms with E-state index in [4.69, 9.17) is 5.73 Å². The molecule has 0 saturated carbocycles. The first kappa shape index (κ1) is 14.3. The van der Waals surface area contributed by atoms with E-state index in [-0.39, 0.29) is 5.75 Å². The summed E-state index contributed by atoms with van der Waals surface area (Å²) in [4.78, 5) is 4.12. The largest absolute Gasteiger partial charge is 0.573 e. The molecule has 0 bridgehead atoms. The highest BCUT2D eigenvalue weighted by Gasteiger charge is 2.31. The second kappa shape index (κ2) is 5.50. The molecule has 1 aromatic carbocycles. The van der Waals surface area contributed by atoms with Gasteiger partial charge in [0, 0.05) is 11.9 Å². The number of hydrogen-bond acceptors (Lipinski definition) is 3. The standard InChI is InChI=1S/C14H13F3N2O/c1-9-5-6-11(8-19-9)13(18)10-3-2-4-12(7-10)20-14(15,16)17/h2-8,13H,18H2,1H3. The van der Waals surface area contributed by atoms with E-state index in [0.717, 1.165) is 11.3 Å². The Balaban J connectivity index is 2.24. The lowest BCUT2D eigenvalue weighted by atomic mass is 10.0. The predicted octanol–water partition coefficient (Wildman–Crippen LogP) is 3.34. The monoisotopic (exact) mass is 282 g/mol. The molecular formula is C14H13F3N2O. The summed E-state index contributed by atoms with van der Waals surface area (Å²) in [7, 11) is 0. The van der Waals surface area contributed by atoms with Crippen LogP contribution in [0.25, 0.3) is 0 Å². The fraction of sp³-hybridized carbons (Fsp3) is 0.214. The van der Waals surface area contributed by atoms with Gasteiger partial charge in [0.25, 0.3) is 0 Å². The first-order chi connectivity index (χ1) is 9.35. The summed E-state index contributed by atoms with van der Waals surface area (Å²) in [5, 5.41) is 0. The van der Waals surface area contributed by atoms with Gasteiger partial charge in [0.1, 0.15) is 5.75 Å². The van der Waals surface area contributed by atoms with Crippen molar-refractivity contribution in [2.24, 2.45) is 5.73 Å². The number of hydrogen-bond donors (Lipinski definition) is 1. The zero-order valence-electron chi connectivity index (χ0n) is 10.7. The number of ether oxygens (including phenoxy) is 1. The first-order valence-electron chi connectivity index (χ1n) is 5.89. The maximum Gasteiger partial charge on any atom is 0.573 e. The molecule has 0 aliphatic heterocycles. The van der Waals surface area contributed by atoms with E-state index >= 15 is 0 Å². The Bertz CT molecular complexity index is 582. The SMILES string of the molecule is Cc1ccc(C(N)c2cccc(OC(F)(F)F)c2)cn1. The minimum atomic E-state index is -4.71. The number of aromatic nitrogens is 1. The van der Waals surface area contributed by atoms with Crippen molar-refractivity contribution in [1.82, 2.24) is 4.98 Å². The summed E-state index contributed by atoms with van der Waals surface area (Å²) in [6.45, 7) is 1.84. The molecule has 0 radical (unpaired) electrons. The zero-order valence-corrected chi connectivity index (χ0v) is 10.7. The Morgan fingerprint density at radius 3 is 2.50 bits per heavy atom. The molecule has 0 saturated heterocycles. The Labute approximate surface area is 114 Å². The van der Waals surface area contributed by atoms with Gasteiger partial charge in [-0.15, -0.1) is 13.2 Å². The summed E-state index contributed by atoms with van der Waals surface area (Å²) < 4.78 is 40.4. The molecule has 0 fully saturated rings. The van der Waals surface area contributed by atoms with Crippen molar-refractivity contribution in [3.05, 3.63) is 59.4 Å². The first-order valence-corrected chi connectivity index (χ1v) is 5.89.